The summed E-state index contributed by atoms with van der Waals surface area (Å²) >= 11 is 8.57. The molecule has 2 aromatic carbocycles. The largest absolute Gasteiger partial charge is 0.306 e. The predicted octanol–water partition coefficient (Wildman–Crippen LogP) is 5.34. The third-order valence-electron chi connectivity index (χ3n) is 3.37. The van der Waals surface area contributed by atoms with E-state index in [1.807, 2.05) is 6.07 Å². The fourth-order valence-electron chi connectivity index (χ4n) is 2.32. The standard InChI is InChI=1S/C17H19ClIN/c1-3-10-20-17(14-7-5-4-6-12(14)2)15-11-13(18)8-9-16(15)19/h4-9,11,17,20H,3,10H2,1-2H3. The normalized spacial score (nSPS) is 12.4. The maximum absolute atomic E-state index is 6.19. The van der Waals surface area contributed by atoms with Crippen molar-refractivity contribution in [2.75, 3.05) is 6.54 Å². The van der Waals surface area contributed by atoms with Gasteiger partial charge in [-0.1, -0.05) is 42.8 Å². The van der Waals surface area contributed by atoms with Crippen molar-refractivity contribution in [1.82, 2.24) is 5.32 Å². The summed E-state index contributed by atoms with van der Waals surface area (Å²) in [6.45, 7) is 5.33. The lowest BCUT2D eigenvalue weighted by molar-refractivity contribution is 0.594. The molecule has 106 valence electrons. The molecule has 0 heterocycles. The second kappa shape index (κ2) is 7.43. The molecule has 0 aliphatic carbocycles. The zero-order valence-corrected chi connectivity index (χ0v) is 14.7. The summed E-state index contributed by atoms with van der Waals surface area (Å²) in [5, 5.41) is 4.44. The molecule has 1 unspecified atom stereocenters. The topological polar surface area (TPSA) is 12.0 Å². The Bertz CT molecular complexity index is 583. The number of rotatable bonds is 5. The van der Waals surface area contributed by atoms with Crippen LogP contribution in [0.2, 0.25) is 5.02 Å². The average Bonchev–Trinajstić information content (AvgIpc) is 2.44. The first-order valence-electron chi connectivity index (χ1n) is 6.87. The Labute approximate surface area is 139 Å². The first-order chi connectivity index (χ1) is 9.63. The van der Waals surface area contributed by atoms with E-state index in [1.54, 1.807) is 0 Å². The summed E-state index contributed by atoms with van der Waals surface area (Å²) in [6.07, 6.45) is 1.11. The molecule has 0 radical (unpaired) electrons. The molecule has 2 rings (SSSR count). The summed E-state index contributed by atoms with van der Waals surface area (Å²) < 4.78 is 1.24. The van der Waals surface area contributed by atoms with Gasteiger partial charge in [0.05, 0.1) is 6.04 Å². The molecule has 0 aliphatic rings. The molecule has 0 saturated heterocycles. The Morgan fingerprint density at radius 2 is 1.90 bits per heavy atom. The van der Waals surface area contributed by atoms with Gasteiger partial charge in [0.15, 0.2) is 0 Å². The van der Waals surface area contributed by atoms with Gasteiger partial charge in [0.2, 0.25) is 0 Å². The van der Waals surface area contributed by atoms with E-state index in [-0.39, 0.29) is 6.04 Å². The molecule has 1 N–H and O–H groups in total. The van der Waals surface area contributed by atoms with Crippen molar-refractivity contribution in [3.05, 3.63) is 67.7 Å². The van der Waals surface area contributed by atoms with Crippen LogP contribution in [-0.2, 0) is 0 Å². The van der Waals surface area contributed by atoms with Crippen LogP contribution in [0.1, 0.15) is 36.1 Å². The van der Waals surface area contributed by atoms with Crippen LogP contribution in [0.3, 0.4) is 0 Å². The monoisotopic (exact) mass is 399 g/mol. The van der Waals surface area contributed by atoms with E-state index < -0.39 is 0 Å². The third-order valence-corrected chi connectivity index (χ3v) is 4.58. The highest BCUT2D eigenvalue weighted by molar-refractivity contribution is 14.1. The highest BCUT2D eigenvalue weighted by Gasteiger charge is 2.18. The van der Waals surface area contributed by atoms with E-state index in [0.29, 0.717) is 0 Å². The van der Waals surface area contributed by atoms with Gasteiger partial charge >= 0.3 is 0 Å². The van der Waals surface area contributed by atoms with Gasteiger partial charge in [0, 0.05) is 8.59 Å². The molecule has 0 fully saturated rings. The van der Waals surface area contributed by atoms with E-state index in [9.17, 15) is 0 Å². The molecular formula is C17H19ClIN. The van der Waals surface area contributed by atoms with Crippen LogP contribution in [0.15, 0.2) is 42.5 Å². The number of halogens is 2. The van der Waals surface area contributed by atoms with E-state index in [1.165, 1.54) is 20.3 Å². The first kappa shape index (κ1) is 15.8. The number of nitrogens with one attached hydrogen (secondary N) is 1. The molecule has 3 heteroatoms. The number of hydrogen-bond acceptors (Lipinski definition) is 1. The molecule has 0 aliphatic heterocycles. The van der Waals surface area contributed by atoms with Crippen molar-refractivity contribution >= 4 is 34.2 Å². The summed E-state index contributed by atoms with van der Waals surface area (Å²) in [7, 11) is 0. The van der Waals surface area contributed by atoms with Crippen LogP contribution >= 0.6 is 34.2 Å². The van der Waals surface area contributed by atoms with Gasteiger partial charge in [-0.3, -0.25) is 0 Å². The van der Waals surface area contributed by atoms with Gasteiger partial charge in [-0.05, 0) is 77.4 Å². The van der Waals surface area contributed by atoms with Crippen LogP contribution < -0.4 is 5.32 Å². The van der Waals surface area contributed by atoms with E-state index in [4.69, 9.17) is 11.6 Å². The molecule has 0 saturated carbocycles. The van der Waals surface area contributed by atoms with Crippen molar-refractivity contribution in [1.29, 1.82) is 0 Å². The lowest BCUT2D eigenvalue weighted by atomic mass is 9.95. The lowest BCUT2D eigenvalue weighted by Crippen LogP contribution is -2.24. The van der Waals surface area contributed by atoms with E-state index >= 15 is 0 Å². The van der Waals surface area contributed by atoms with Gasteiger partial charge < -0.3 is 5.32 Å². The summed E-state index contributed by atoms with van der Waals surface area (Å²) in [6, 6.07) is 14.8. The predicted molar refractivity (Wildman–Crippen MR) is 95.5 cm³/mol. The maximum atomic E-state index is 6.19. The van der Waals surface area contributed by atoms with Crippen molar-refractivity contribution < 1.29 is 0 Å². The molecule has 1 nitrogen and oxygen atoms in total. The Hall–Kier alpha value is -0.580. The zero-order chi connectivity index (χ0) is 14.5. The molecule has 20 heavy (non-hydrogen) atoms. The molecule has 2 aromatic rings. The van der Waals surface area contributed by atoms with Crippen LogP contribution in [0, 0.1) is 10.5 Å². The molecule has 0 spiro atoms. The molecular weight excluding hydrogens is 381 g/mol. The van der Waals surface area contributed by atoms with Gasteiger partial charge in [0.25, 0.3) is 0 Å². The van der Waals surface area contributed by atoms with E-state index in [0.717, 1.165) is 18.0 Å². The number of hydrogen-bond donors (Lipinski definition) is 1. The Morgan fingerprint density at radius 1 is 1.15 bits per heavy atom. The Kier molecular flexibility index (Phi) is 5.87. The first-order valence-corrected chi connectivity index (χ1v) is 8.33. The summed E-state index contributed by atoms with van der Waals surface area (Å²) in [5.41, 5.74) is 3.87. The van der Waals surface area contributed by atoms with Crippen LogP contribution in [0.4, 0.5) is 0 Å². The molecule has 0 amide bonds. The number of benzene rings is 2. The van der Waals surface area contributed by atoms with Gasteiger partial charge in [-0.15, -0.1) is 0 Å². The maximum Gasteiger partial charge on any atom is 0.0590 e. The van der Waals surface area contributed by atoms with Crippen LogP contribution in [-0.4, -0.2) is 6.54 Å². The van der Waals surface area contributed by atoms with Crippen LogP contribution in [0.5, 0.6) is 0 Å². The van der Waals surface area contributed by atoms with Crippen molar-refractivity contribution in [2.24, 2.45) is 0 Å². The Balaban J connectivity index is 2.47. The minimum Gasteiger partial charge on any atom is -0.306 e. The second-order valence-corrected chi connectivity index (χ2v) is 6.51. The van der Waals surface area contributed by atoms with E-state index in [2.05, 4.69) is 78.2 Å². The zero-order valence-electron chi connectivity index (χ0n) is 11.8. The van der Waals surface area contributed by atoms with Crippen molar-refractivity contribution in [3.63, 3.8) is 0 Å². The van der Waals surface area contributed by atoms with Crippen molar-refractivity contribution in [3.8, 4) is 0 Å². The van der Waals surface area contributed by atoms with Gasteiger partial charge in [0.1, 0.15) is 0 Å². The van der Waals surface area contributed by atoms with Gasteiger partial charge in [-0.25, -0.2) is 0 Å². The molecule has 1 atom stereocenters. The number of aryl methyl sites for hydroxylation is 1. The van der Waals surface area contributed by atoms with Gasteiger partial charge in [-0.2, -0.15) is 0 Å². The molecule has 0 bridgehead atoms. The molecule has 0 aromatic heterocycles. The summed E-state index contributed by atoms with van der Waals surface area (Å²) in [4.78, 5) is 0. The average molecular weight is 400 g/mol. The Morgan fingerprint density at radius 3 is 2.60 bits per heavy atom. The fraction of sp³-hybridized carbons (Fsp3) is 0.294. The minimum absolute atomic E-state index is 0.196. The lowest BCUT2D eigenvalue weighted by Gasteiger charge is -2.23. The van der Waals surface area contributed by atoms with Crippen LogP contribution in [0.25, 0.3) is 0 Å². The highest BCUT2D eigenvalue weighted by Crippen LogP contribution is 2.30. The highest BCUT2D eigenvalue weighted by atomic mass is 127. The third kappa shape index (κ3) is 3.74. The minimum atomic E-state index is 0.196. The fourth-order valence-corrected chi connectivity index (χ4v) is 3.15. The second-order valence-electron chi connectivity index (χ2n) is 4.91. The smallest absolute Gasteiger partial charge is 0.0590 e. The summed E-state index contributed by atoms with van der Waals surface area (Å²) in [5.74, 6) is 0. The van der Waals surface area contributed by atoms with Crippen molar-refractivity contribution in [2.45, 2.75) is 26.3 Å². The quantitative estimate of drug-likeness (QED) is 0.669. The SMILES string of the molecule is CCCNC(c1ccccc1C)c1cc(Cl)ccc1I.